The fourth-order valence-corrected chi connectivity index (χ4v) is 2.70. The topological polar surface area (TPSA) is 33.1 Å². The molecule has 0 aliphatic rings. The Kier molecular flexibility index (Phi) is 3.86. The van der Waals surface area contributed by atoms with Crippen LogP contribution in [-0.4, -0.2) is 16.7 Å². The van der Waals surface area contributed by atoms with Gasteiger partial charge in [0, 0.05) is 17.0 Å². The number of aliphatic hydroxyl groups is 1. The molecule has 2 rings (SSSR count). The van der Waals surface area contributed by atoms with Crippen LogP contribution in [0.1, 0.15) is 21.4 Å². The van der Waals surface area contributed by atoms with E-state index in [2.05, 4.69) is 4.98 Å². The molecular weight excluding hydrogens is 237 g/mol. The fourth-order valence-electron chi connectivity index (χ4n) is 1.82. The molecule has 0 amide bonds. The van der Waals surface area contributed by atoms with Gasteiger partial charge in [0.25, 0.3) is 0 Å². The minimum atomic E-state index is -0.257. The molecule has 0 aliphatic heterocycles. The molecular formula is C13H14FNOS. The van der Waals surface area contributed by atoms with Crippen molar-refractivity contribution in [3.8, 4) is 0 Å². The number of aromatic nitrogens is 1. The lowest BCUT2D eigenvalue weighted by atomic mass is 9.95. The second-order valence-electron chi connectivity index (χ2n) is 3.95. The summed E-state index contributed by atoms with van der Waals surface area (Å²) in [6.45, 7) is 1.88. The second-order valence-corrected chi connectivity index (χ2v) is 5.27. The van der Waals surface area contributed by atoms with E-state index in [-0.39, 0.29) is 18.3 Å². The number of hydrogen-bond donors (Lipinski definition) is 1. The zero-order valence-corrected chi connectivity index (χ0v) is 10.4. The van der Waals surface area contributed by atoms with Crippen molar-refractivity contribution >= 4 is 11.3 Å². The SMILES string of the molecule is Cc1ncc(CC(CO)c2ccccc2F)s1. The van der Waals surface area contributed by atoms with Gasteiger partial charge in [0.1, 0.15) is 5.82 Å². The lowest BCUT2D eigenvalue weighted by Crippen LogP contribution is -2.09. The monoisotopic (exact) mass is 251 g/mol. The van der Waals surface area contributed by atoms with Crippen LogP contribution in [0.4, 0.5) is 4.39 Å². The molecule has 90 valence electrons. The molecule has 0 spiro atoms. The number of aryl methyl sites for hydroxylation is 1. The highest BCUT2D eigenvalue weighted by Crippen LogP contribution is 2.25. The highest BCUT2D eigenvalue weighted by Gasteiger charge is 2.16. The Hall–Kier alpha value is -1.26. The molecule has 1 N–H and O–H groups in total. The average molecular weight is 251 g/mol. The molecule has 0 aliphatic carbocycles. The summed E-state index contributed by atoms with van der Waals surface area (Å²) in [6, 6.07) is 6.60. The van der Waals surface area contributed by atoms with Gasteiger partial charge in [-0.25, -0.2) is 9.37 Å². The van der Waals surface area contributed by atoms with Gasteiger partial charge in [0.2, 0.25) is 0 Å². The molecule has 1 atom stereocenters. The molecule has 17 heavy (non-hydrogen) atoms. The molecule has 0 fully saturated rings. The van der Waals surface area contributed by atoms with Crippen LogP contribution in [0.25, 0.3) is 0 Å². The Morgan fingerprint density at radius 3 is 2.76 bits per heavy atom. The van der Waals surface area contributed by atoms with E-state index in [9.17, 15) is 9.50 Å². The molecule has 2 aromatic rings. The third-order valence-electron chi connectivity index (χ3n) is 2.68. The minimum Gasteiger partial charge on any atom is -0.396 e. The predicted molar refractivity (Wildman–Crippen MR) is 66.8 cm³/mol. The van der Waals surface area contributed by atoms with E-state index in [0.29, 0.717) is 12.0 Å². The summed E-state index contributed by atoms with van der Waals surface area (Å²) in [7, 11) is 0. The van der Waals surface area contributed by atoms with Crippen molar-refractivity contribution in [3.05, 3.63) is 51.7 Å². The maximum absolute atomic E-state index is 13.6. The molecule has 0 bridgehead atoms. The molecule has 2 nitrogen and oxygen atoms in total. The van der Waals surface area contributed by atoms with Crippen LogP contribution in [0.5, 0.6) is 0 Å². The maximum Gasteiger partial charge on any atom is 0.126 e. The van der Waals surface area contributed by atoms with E-state index in [0.717, 1.165) is 9.88 Å². The van der Waals surface area contributed by atoms with E-state index in [1.165, 1.54) is 6.07 Å². The van der Waals surface area contributed by atoms with Crippen molar-refractivity contribution in [2.75, 3.05) is 6.61 Å². The zero-order valence-electron chi connectivity index (χ0n) is 9.56. The quantitative estimate of drug-likeness (QED) is 0.906. The molecule has 0 radical (unpaired) electrons. The Morgan fingerprint density at radius 1 is 1.41 bits per heavy atom. The van der Waals surface area contributed by atoms with Gasteiger partial charge in [-0.1, -0.05) is 18.2 Å². The number of rotatable bonds is 4. The number of nitrogens with zero attached hydrogens (tertiary/aromatic N) is 1. The molecule has 4 heteroatoms. The molecule has 1 aromatic carbocycles. The highest BCUT2D eigenvalue weighted by molar-refractivity contribution is 7.11. The van der Waals surface area contributed by atoms with Gasteiger partial charge in [-0.05, 0) is 25.0 Å². The van der Waals surface area contributed by atoms with Crippen molar-refractivity contribution in [2.45, 2.75) is 19.3 Å². The zero-order chi connectivity index (χ0) is 12.3. The summed E-state index contributed by atoms with van der Waals surface area (Å²) >= 11 is 1.59. The minimum absolute atomic E-state index is 0.0577. The lowest BCUT2D eigenvalue weighted by molar-refractivity contribution is 0.262. The van der Waals surface area contributed by atoms with Crippen molar-refractivity contribution in [1.82, 2.24) is 4.98 Å². The molecule has 1 aromatic heterocycles. The molecule has 1 unspecified atom stereocenters. The number of halogens is 1. The Labute approximate surface area is 104 Å². The summed E-state index contributed by atoms with van der Waals surface area (Å²) in [5.74, 6) is -0.455. The number of thiazole rings is 1. The number of aliphatic hydroxyl groups excluding tert-OH is 1. The Balaban J connectivity index is 2.20. The van der Waals surface area contributed by atoms with E-state index in [1.807, 2.05) is 6.92 Å². The van der Waals surface area contributed by atoms with Gasteiger partial charge in [-0.3, -0.25) is 0 Å². The van der Waals surface area contributed by atoms with E-state index in [1.54, 1.807) is 35.7 Å². The Bertz CT molecular complexity index is 498. The summed E-state index contributed by atoms with van der Waals surface area (Å²) in [5, 5.41) is 10.4. The third-order valence-corrected chi connectivity index (χ3v) is 3.62. The third kappa shape index (κ3) is 2.90. The van der Waals surface area contributed by atoms with Gasteiger partial charge >= 0.3 is 0 Å². The molecule has 0 saturated carbocycles. The standard InChI is InChI=1S/C13H14FNOS/c1-9-15-7-11(17-9)6-10(8-16)12-4-2-3-5-13(12)14/h2-5,7,10,16H,6,8H2,1H3. The first-order valence-corrected chi connectivity index (χ1v) is 6.29. The Morgan fingerprint density at radius 2 is 2.18 bits per heavy atom. The largest absolute Gasteiger partial charge is 0.396 e. The maximum atomic E-state index is 13.6. The number of benzene rings is 1. The van der Waals surface area contributed by atoms with Crippen LogP contribution in [0, 0.1) is 12.7 Å². The molecule has 0 saturated heterocycles. The lowest BCUT2D eigenvalue weighted by Gasteiger charge is -2.14. The summed E-state index contributed by atoms with van der Waals surface area (Å²) < 4.78 is 13.6. The first-order valence-electron chi connectivity index (χ1n) is 5.47. The van der Waals surface area contributed by atoms with Crippen molar-refractivity contribution in [2.24, 2.45) is 0 Å². The first kappa shape index (κ1) is 12.2. The highest BCUT2D eigenvalue weighted by atomic mass is 32.1. The second kappa shape index (κ2) is 5.38. The van der Waals surface area contributed by atoms with Crippen LogP contribution in [-0.2, 0) is 6.42 Å². The van der Waals surface area contributed by atoms with Crippen LogP contribution in [0.3, 0.4) is 0 Å². The van der Waals surface area contributed by atoms with Gasteiger partial charge in [0.05, 0.1) is 11.6 Å². The van der Waals surface area contributed by atoms with Gasteiger partial charge < -0.3 is 5.11 Å². The van der Waals surface area contributed by atoms with Crippen LogP contribution in [0.2, 0.25) is 0 Å². The van der Waals surface area contributed by atoms with Crippen molar-refractivity contribution < 1.29 is 9.50 Å². The smallest absolute Gasteiger partial charge is 0.126 e. The van der Waals surface area contributed by atoms with Crippen molar-refractivity contribution in [1.29, 1.82) is 0 Å². The van der Waals surface area contributed by atoms with E-state index < -0.39 is 0 Å². The van der Waals surface area contributed by atoms with Crippen LogP contribution in [0.15, 0.2) is 30.5 Å². The number of hydrogen-bond acceptors (Lipinski definition) is 3. The van der Waals surface area contributed by atoms with E-state index >= 15 is 0 Å². The summed E-state index contributed by atoms with van der Waals surface area (Å²) in [5.41, 5.74) is 0.570. The molecule has 1 heterocycles. The fraction of sp³-hybridized carbons (Fsp3) is 0.308. The van der Waals surface area contributed by atoms with Gasteiger partial charge in [-0.15, -0.1) is 11.3 Å². The predicted octanol–water partition coefficient (Wildman–Crippen LogP) is 2.91. The summed E-state index contributed by atoms with van der Waals surface area (Å²) in [4.78, 5) is 5.24. The average Bonchev–Trinajstić information content (AvgIpc) is 2.73. The van der Waals surface area contributed by atoms with Crippen LogP contribution < -0.4 is 0 Å². The van der Waals surface area contributed by atoms with Gasteiger partial charge in [0.15, 0.2) is 0 Å². The first-order chi connectivity index (χ1) is 8.20. The van der Waals surface area contributed by atoms with Crippen LogP contribution >= 0.6 is 11.3 Å². The van der Waals surface area contributed by atoms with Crippen molar-refractivity contribution in [3.63, 3.8) is 0 Å². The normalized spacial score (nSPS) is 12.6. The van der Waals surface area contributed by atoms with Gasteiger partial charge in [-0.2, -0.15) is 0 Å². The summed E-state index contributed by atoms with van der Waals surface area (Å²) in [6.07, 6.45) is 2.42. The van der Waals surface area contributed by atoms with E-state index in [4.69, 9.17) is 0 Å².